The smallest absolute Gasteiger partial charge is 0.340 e. The summed E-state index contributed by atoms with van der Waals surface area (Å²) in [6.07, 6.45) is -0.604. The number of carbonyl (C=O) groups excluding carboxylic acids is 1. The van der Waals surface area contributed by atoms with E-state index in [1.165, 1.54) is 0 Å². The molecular weight excluding hydrogens is 346 g/mol. The van der Waals surface area contributed by atoms with Crippen LogP contribution in [0.1, 0.15) is 24.2 Å². The average Bonchev–Trinajstić information content (AvgIpc) is 2.37. The number of hydrogen-bond donors (Lipinski definition) is 0. The minimum Gasteiger partial charge on any atom is -0.457 e. The number of benzene rings is 1. The Hall–Kier alpha value is -0.890. The summed E-state index contributed by atoms with van der Waals surface area (Å²) in [6, 6.07) is 1.49. The number of halogens is 3. The Balaban J connectivity index is 3.06. The van der Waals surface area contributed by atoms with Gasteiger partial charge in [-0.1, -0.05) is 11.6 Å². The van der Waals surface area contributed by atoms with Crippen molar-refractivity contribution in [2.45, 2.75) is 24.8 Å². The average molecular weight is 359 g/mol. The van der Waals surface area contributed by atoms with Gasteiger partial charge in [0.1, 0.15) is 11.9 Å². The summed E-state index contributed by atoms with van der Waals surface area (Å²) in [6.45, 7) is 3.93. The molecule has 21 heavy (non-hydrogen) atoms. The van der Waals surface area contributed by atoms with Crippen molar-refractivity contribution in [2.24, 2.45) is 0 Å². The van der Waals surface area contributed by atoms with Gasteiger partial charge in [0.25, 0.3) is 9.05 Å². The van der Waals surface area contributed by atoms with Crippen LogP contribution in [0.5, 0.6) is 0 Å². The van der Waals surface area contributed by atoms with Crippen LogP contribution in [0.3, 0.4) is 0 Å². The Morgan fingerprint density at radius 1 is 1.43 bits per heavy atom. The zero-order chi connectivity index (χ0) is 16.2. The Morgan fingerprint density at radius 3 is 2.57 bits per heavy atom. The highest BCUT2D eigenvalue weighted by molar-refractivity contribution is 8.13. The highest BCUT2D eigenvalue weighted by atomic mass is 35.7. The molecule has 1 atom stereocenters. The van der Waals surface area contributed by atoms with Gasteiger partial charge < -0.3 is 9.47 Å². The molecule has 0 saturated carbocycles. The van der Waals surface area contributed by atoms with Crippen molar-refractivity contribution in [2.75, 3.05) is 13.2 Å². The molecule has 0 N–H and O–H groups in total. The van der Waals surface area contributed by atoms with Crippen molar-refractivity contribution in [1.29, 1.82) is 0 Å². The molecule has 0 amide bonds. The van der Waals surface area contributed by atoms with Gasteiger partial charge in [-0.25, -0.2) is 17.6 Å². The van der Waals surface area contributed by atoms with Crippen LogP contribution in [-0.2, 0) is 18.5 Å². The summed E-state index contributed by atoms with van der Waals surface area (Å²) < 4.78 is 46.1. The van der Waals surface area contributed by atoms with Crippen LogP contribution >= 0.6 is 22.3 Å². The van der Waals surface area contributed by atoms with Gasteiger partial charge in [0.15, 0.2) is 0 Å². The van der Waals surface area contributed by atoms with E-state index in [4.69, 9.17) is 31.8 Å². The molecule has 1 rings (SSSR count). The summed E-state index contributed by atoms with van der Waals surface area (Å²) in [5, 5.41) is -0.535. The monoisotopic (exact) mass is 358 g/mol. The van der Waals surface area contributed by atoms with Gasteiger partial charge in [0.05, 0.1) is 22.1 Å². The Kier molecular flexibility index (Phi) is 6.40. The van der Waals surface area contributed by atoms with Gasteiger partial charge in [-0.05, 0) is 26.0 Å². The van der Waals surface area contributed by atoms with E-state index in [2.05, 4.69) is 0 Å². The van der Waals surface area contributed by atoms with Crippen LogP contribution in [0.4, 0.5) is 4.39 Å². The number of hydrogen-bond acceptors (Lipinski definition) is 5. The molecule has 1 unspecified atom stereocenters. The molecule has 9 heteroatoms. The van der Waals surface area contributed by atoms with Gasteiger partial charge in [0.2, 0.25) is 0 Å². The van der Waals surface area contributed by atoms with Gasteiger partial charge in [-0.3, -0.25) is 0 Å². The quantitative estimate of drug-likeness (QED) is 0.577. The molecule has 0 radical (unpaired) electrons. The van der Waals surface area contributed by atoms with E-state index in [1.54, 1.807) is 13.8 Å². The summed E-state index contributed by atoms with van der Waals surface area (Å²) >= 11 is 5.65. The molecular formula is C12H13Cl2FO5S. The molecule has 118 valence electrons. The van der Waals surface area contributed by atoms with Crippen LogP contribution in [0, 0.1) is 5.82 Å². The summed E-state index contributed by atoms with van der Waals surface area (Å²) in [7, 11) is 0.925. The molecule has 0 fully saturated rings. The van der Waals surface area contributed by atoms with Crippen molar-refractivity contribution in [3.05, 3.63) is 28.5 Å². The maximum Gasteiger partial charge on any atom is 0.340 e. The molecule has 0 aliphatic carbocycles. The topological polar surface area (TPSA) is 69.7 Å². The highest BCUT2D eigenvalue weighted by Gasteiger charge is 2.23. The van der Waals surface area contributed by atoms with Gasteiger partial charge in [-0.2, -0.15) is 0 Å². The molecule has 0 saturated heterocycles. The van der Waals surface area contributed by atoms with Crippen LogP contribution < -0.4 is 0 Å². The zero-order valence-electron chi connectivity index (χ0n) is 11.2. The number of esters is 1. The van der Waals surface area contributed by atoms with Crippen LogP contribution in [0.25, 0.3) is 0 Å². The molecule has 0 aliphatic heterocycles. The summed E-state index contributed by atoms with van der Waals surface area (Å²) in [5.74, 6) is -2.05. The van der Waals surface area contributed by atoms with Crippen molar-refractivity contribution < 1.29 is 27.1 Å². The highest BCUT2D eigenvalue weighted by Crippen LogP contribution is 2.27. The fraction of sp³-hybridized carbons (Fsp3) is 0.417. The summed E-state index contributed by atoms with van der Waals surface area (Å²) in [4.78, 5) is 11.3. The third-order valence-corrected chi connectivity index (χ3v) is 4.09. The lowest BCUT2D eigenvalue weighted by Gasteiger charge is -2.14. The zero-order valence-corrected chi connectivity index (χ0v) is 13.6. The first-order valence-electron chi connectivity index (χ1n) is 5.89. The van der Waals surface area contributed by atoms with Crippen molar-refractivity contribution in [3.8, 4) is 0 Å². The van der Waals surface area contributed by atoms with Crippen LogP contribution in [0.15, 0.2) is 17.0 Å². The Morgan fingerprint density at radius 2 is 2.05 bits per heavy atom. The molecule has 0 heterocycles. The fourth-order valence-corrected chi connectivity index (χ4v) is 2.37. The van der Waals surface area contributed by atoms with E-state index in [0.717, 1.165) is 6.07 Å². The molecule has 0 spiro atoms. The van der Waals surface area contributed by atoms with E-state index in [9.17, 15) is 17.6 Å². The van der Waals surface area contributed by atoms with E-state index >= 15 is 0 Å². The maximum atomic E-state index is 13.6. The lowest BCUT2D eigenvalue weighted by atomic mass is 10.2. The van der Waals surface area contributed by atoms with Crippen molar-refractivity contribution in [3.63, 3.8) is 0 Å². The summed E-state index contributed by atoms with van der Waals surface area (Å²) in [5.41, 5.74) is -0.417. The first-order valence-corrected chi connectivity index (χ1v) is 8.58. The third kappa shape index (κ3) is 5.10. The Labute approximate surface area is 131 Å². The van der Waals surface area contributed by atoms with E-state index in [-0.39, 0.29) is 6.61 Å². The number of rotatable bonds is 6. The third-order valence-electron chi connectivity index (χ3n) is 2.37. The standard InChI is InChI=1S/C12H13Cl2FO5S/c1-3-19-6-7(2)20-12(16)9-4-8(21(14,17)18)5-10(15)11(9)13/h4-5,7H,3,6H2,1-2H3. The second-order valence-electron chi connectivity index (χ2n) is 4.08. The minimum absolute atomic E-state index is 0.149. The van der Waals surface area contributed by atoms with Gasteiger partial charge in [0, 0.05) is 17.3 Å². The SMILES string of the molecule is CCOCC(C)OC(=O)c1cc(S(=O)(=O)Cl)cc(F)c1Cl. The van der Waals surface area contributed by atoms with Crippen molar-refractivity contribution >= 4 is 37.3 Å². The van der Waals surface area contributed by atoms with E-state index < -0.39 is 42.4 Å². The van der Waals surface area contributed by atoms with Crippen molar-refractivity contribution in [1.82, 2.24) is 0 Å². The lowest BCUT2D eigenvalue weighted by molar-refractivity contribution is 0.00435. The minimum atomic E-state index is -4.20. The largest absolute Gasteiger partial charge is 0.457 e. The second kappa shape index (κ2) is 7.40. The molecule has 5 nitrogen and oxygen atoms in total. The van der Waals surface area contributed by atoms with Gasteiger partial charge in [-0.15, -0.1) is 0 Å². The number of carbonyl (C=O) groups is 1. The Bertz CT molecular complexity index is 633. The normalized spacial score (nSPS) is 13.0. The number of ether oxygens (including phenoxy) is 2. The predicted molar refractivity (Wildman–Crippen MR) is 75.8 cm³/mol. The first-order chi connectivity index (χ1) is 9.66. The molecule has 0 aliphatic rings. The maximum absolute atomic E-state index is 13.6. The molecule has 0 aromatic heterocycles. The second-order valence-corrected chi connectivity index (χ2v) is 7.02. The first kappa shape index (κ1) is 18.2. The van der Waals surface area contributed by atoms with Crippen LogP contribution in [0.2, 0.25) is 5.02 Å². The van der Waals surface area contributed by atoms with E-state index in [0.29, 0.717) is 12.7 Å². The fourth-order valence-electron chi connectivity index (χ4n) is 1.42. The molecule has 1 aromatic carbocycles. The lowest BCUT2D eigenvalue weighted by Crippen LogP contribution is -2.21. The predicted octanol–water partition coefficient (Wildman–Crippen LogP) is 2.99. The molecule has 0 bridgehead atoms. The molecule has 1 aromatic rings. The van der Waals surface area contributed by atoms with Crippen LogP contribution in [-0.4, -0.2) is 33.7 Å². The van der Waals surface area contributed by atoms with E-state index in [1.807, 2.05) is 0 Å². The van der Waals surface area contributed by atoms with Gasteiger partial charge >= 0.3 is 5.97 Å².